The molecule has 0 aliphatic carbocycles. The second kappa shape index (κ2) is 5.69. The highest BCUT2D eigenvalue weighted by molar-refractivity contribution is 5.82. The van der Waals surface area contributed by atoms with Crippen molar-refractivity contribution in [3.63, 3.8) is 0 Å². The zero-order valence-electron chi connectivity index (χ0n) is 10.7. The van der Waals surface area contributed by atoms with E-state index in [0.717, 1.165) is 17.3 Å². The first kappa shape index (κ1) is 12.6. The van der Waals surface area contributed by atoms with Gasteiger partial charge < -0.3 is 15.2 Å². The van der Waals surface area contributed by atoms with Crippen molar-refractivity contribution in [2.75, 3.05) is 19.5 Å². The van der Waals surface area contributed by atoms with E-state index in [1.807, 2.05) is 37.3 Å². The molecule has 4 nitrogen and oxygen atoms in total. The van der Waals surface area contributed by atoms with Crippen molar-refractivity contribution in [2.24, 2.45) is 0 Å². The Bertz CT molecular complexity index is 528. The minimum Gasteiger partial charge on any atom is -0.478 e. The first-order valence-electron chi connectivity index (χ1n) is 6.01. The van der Waals surface area contributed by atoms with Crippen molar-refractivity contribution >= 4 is 16.6 Å². The molecule has 2 N–H and O–H groups in total. The number of nitrogens with two attached hydrogens (primary N) is 1. The number of methoxy groups -OCH3 is 1. The van der Waals surface area contributed by atoms with Crippen LogP contribution in [0.15, 0.2) is 30.3 Å². The number of nitrogen functional groups attached to an aromatic ring is 1. The lowest BCUT2D eigenvalue weighted by Crippen LogP contribution is -2.10. The van der Waals surface area contributed by atoms with E-state index in [0.29, 0.717) is 18.2 Å². The number of hydrogen-bond donors (Lipinski definition) is 1. The largest absolute Gasteiger partial charge is 0.478 e. The Morgan fingerprint density at radius 2 is 2.06 bits per heavy atom. The summed E-state index contributed by atoms with van der Waals surface area (Å²) in [5.41, 5.74) is 7.30. The molecule has 18 heavy (non-hydrogen) atoms. The van der Waals surface area contributed by atoms with Crippen LogP contribution in [0.2, 0.25) is 0 Å². The number of hydrogen-bond acceptors (Lipinski definition) is 4. The number of ether oxygens (including phenoxy) is 2. The molecule has 0 aliphatic heterocycles. The van der Waals surface area contributed by atoms with Gasteiger partial charge in [-0.15, -0.1) is 0 Å². The van der Waals surface area contributed by atoms with E-state index in [1.165, 1.54) is 0 Å². The third-order valence-electron chi connectivity index (χ3n) is 2.87. The summed E-state index contributed by atoms with van der Waals surface area (Å²) in [5, 5.41) is 1.06. The lowest BCUT2D eigenvalue weighted by Gasteiger charge is -2.10. The SMILES string of the molecule is COC(C)CCOc1ccc2ccc(N)cc2n1. The highest BCUT2D eigenvalue weighted by Crippen LogP contribution is 2.19. The molecule has 1 aromatic carbocycles. The predicted molar refractivity (Wildman–Crippen MR) is 72.7 cm³/mol. The van der Waals surface area contributed by atoms with Gasteiger partial charge in [-0.3, -0.25) is 0 Å². The van der Waals surface area contributed by atoms with Gasteiger partial charge in [-0.25, -0.2) is 4.98 Å². The highest BCUT2D eigenvalue weighted by Gasteiger charge is 2.02. The lowest BCUT2D eigenvalue weighted by molar-refractivity contribution is 0.0949. The van der Waals surface area contributed by atoms with Crippen LogP contribution in [-0.2, 0) is 4.74 Å². The summed E-state index contributed by atoms with van der Waals surface area (Å²) in [5.74, 6) is 0.622. The van der Waals surface area contributed by atoms with E-state index in [9.17, 15) is 0 Å². The molecule has 2 rings (SSSR count). The van der Waals surface area contributed by atoms with E-state index >= 15 is 0 Å². The Balaban J connectivity index is 2.05. The van der Waals surface area contributed by atoms with Gasteiger partial charge in [0.2, 0.25) is 5.88 Å². The van der Waals surface area contributed by atoms with E-state index in [2.05, 4.69) is 4.98 Å². The minimum absolute atomic E-state index is 0.195. The molecule has 0 saturated heterocycles. The van der Waals surface area contributed by atoms with Crippen molar-refractivity contribution in [2.45, 2.75) is 19.4 Å². The quantitative estimate of drug-likeness (QED) is 0.824. The summed E-state index contributed by atoms with van der Waals surface area (Å²) in [4.78, 5) is 4.42. The maximum atomic E-state index is 5.73. The maximum Gasteiger partial charge on any atom is 0.213 e. The van der Waals surface area contributed by atoms with Crippen LogP contribution in [0.25, 0.3) is 10.9 Å². The van der Waals surface area contributed by atoms with Gasteiger partial charge in [0.1, 0.15) is 0 Å². The van der Waals surface area contributed by atoms with Gasteiger partial charge in [-0.2, -0.15) is 0 Å². The summed E-state index contributed by atoms with van der Waals surface area (Å²) in [6, 6.07) is 9.52. The Kier molecular flexibility index (Phi) is 3.99. The number of pyridine rings is 1. The zero-order chi connectivity index (χ0) is 13.0. The van der Waals surface area contributed by atoms with E-state index in [4.69, 9.17) is 15.2 Å². The fourth-order valence-electron chi connectivity index (χ4n) is 1.64. The number of aromatic nitrogens is 1. The van der Waals surface area contributed by atoms with Gasteiger partial charge >= 0.3 is 0 Å². The third-order valence-corrected chi connectivity index (χ3v) is 2.87. The molecule has 1 atom stereocenters. The molecule has 0 spiro atoms. The van der Waals surface area contributed by atoms with Crippen molar-refractivity contribution < 1.29 is 9.47 Å². The summed E-state index contributed by atoms with van der Waals surface area (Å²) < 4.78 is 10.8. The van der Waals surface area contributed by atoms with E-state index < -0.39 is 0 Å². The zero-order valence-corrected chi connectivity index (χ0v) is 10.7. The predicted octanol–water partition coefficient (Wildman–Crippen LogP) is 2.62. The van der Waals surface area contributed by atoms with Crippen LogP contribution in [0.5, 0.6) is 5.88 Å². The average molecular weight is 246 g/mol. The van der Waals surface area contributed by atoms with Gasteiger partial charge in [0.25, 0.3) is 0 Å². The molecule has 0 amide bonds. The molecule has 96 valence electrons. The van der Waals surface area contributed by atoms with Crippen LogP contribution in [0.4, 0.5) is 5.69 Å². The van der Waals surface area contributed by atoms with Crippen LogP contribution in [-0.4, -0.2) is 24.8 Å². The number of fused-ring (bicyclic) bond motifs is 1. The number of nitrogens with zero attached hydrogens (tertiary/aromatic N) is 1. The second-order valence-corrected chi connectivity index (χ2v) is 4.29. The first-order valence-corrected chi connectivity index (χ1v) is 6.01. The molecule has 0 bridgehead atoms. The second-order valence-electron chi connectivity index (χ2n) is 4.29. The van der Waals surface area contributed by atoms with Gasteiger partial charge in [-0.1, -0.05) is 6.07 Å². The minimum atomic E-state index is 0.195. The molecule has 1 aromatic heterocycles. The number of anilines is 1. The standard InChI is InChI=1S/C14H18N2O2/c1-10(17-2)7-8-18-14-6-4-11-3-5-12(15)9-13(11)16-14/h3-6,9-10H,7-8,15H2,1-2H3. The Morgan fingerprint density at radius 1 is 1.28 bits per heavy atom. The average Bonchev–Trinajstić information content (AvgIpc) is 2.38. The van der Waals surface area contributed by atoms with Crippen LogP contribution >= 0.6 is 0 Å². The Morgan fingerprint density at radius 3 is 2.83 bits per heavy atom. The van der Waals surface area contributed by atoms with Crippen LogP contribution in [0, 0.1) is 0 Å². The van der Waals surface area contributed by atoms with Gasteiger partial charge in [0, 0.05) is 30.7 Å². The number of benzene rings is 1. The smallest absolute Gasteiger partial charge is 0.213 e. The molecule has 0 fully saturated rings. The van der Waals surface area contributed by atoms with Gasteiger partial charge in [-0.05, 0) is 25.1 Å². The van der Waals surface area contributed by atoms with Crippen molar-refractivity contribution in [1.29, 1.82) is 0 Å². The molecule has 0 saturated carbocycles. The van der Waals surface area contributed by atoms with Crippen molar-refractivity contribution in [3.05, 3.63) is 30.3 Å². The lowest BCUT2D eigenvalue weighted by atomic mass is 10.2. The third kappa shape index (κ3) is 3.11. The van der Waals surface area contributed by atoms with Crippen molar-refractivity contribution in [3.8, 4) is 5.88 Å². The molecule has 1 unspecified atom stereocenters. The van der Waals surface area contributed by atoms with Crippen molar-refractivity contribution in [1.82, 2.24) is 4.98 Å². The fraction of sp³-hybridized carbons (Fsp3) is 0.357. The Labute approximate surface area is 107 Å². The summed E-state index contributed by atoms with van der Waals surface area (Å²) in [7, 11) is 1.70. The molecule has 0 radical (unpaired) electrons. The Hall–Kier alpha value is -1.81. The summed E-state index contributed by atoms with van der Waals surface area (Å²) in [6.45, 7) is 2.60. The molecular weight excluding hydrogens is 228 g/mol. The van der Waals surface area contributed by atoms with Crippen LogP contribution < -0.4 is 10.5 Å². The van der Waals surface area contributed by atoms with Crippen LogP contribution in [0.3, 0.4) is 0 Å². The fourth-order valence-corrected chi connectivity index (χ4v) is 1.64. The molecule has 4 heteroatoms. The highest BCUT2D eigenvalue weighted by atomic mass is 16.5. The van der Waals surface area contributed by atoms with Gasteiger partial charge in [0.15, 0.2) is 0 Å². The van der Waals surface area contributed by atoms with Crippen LogP contribution in [0.1, 0.15) is 13.3 Å². The normalized spacial score (nSPS) is 12.6. The van der Waals surface area contributed by atoms with E-state index in [1.54, 1.807) is 7.11 Å². The summed E-state index contributed by atoms with van der Waals surface area (Å²) >= 11 is 0. The van der Waals surface area contributed by atoms with Gasteiger partial charge in [0.05, 0.1) is 18.2 Å². The summed E-state index contributed by atoms with van der Waals surface area (Å²) in [6.07, 6.45) is 1.04. The van der Waals surface area contributed by atoms with E-state index in [-0.39, 0.29) is 6.10 Å². The number of rotatable bonds is 5. The topological polar surface area (TPSA) is 57.4 Å². The molecule has 0 aliphatic rings. The maximum absolute atomic E-state index is 5.73. The first-order chi connectivity index (χ1) is 8.69. The molecular formula is C14H18N2O2. The molecule has 1 heterocycles. The monoisotopic (exact) mass is 246 g/mol. The molecule has 2 aromatic rings.